The Balaban J connectivity index is 2.38. The van der Waals surface area contributed by atoms with Gasteiger partial charge in [0, 0.05) is 12.2 Å². The predicted molar refractivity (Wildman–Crippen MR) is 81.8 cm³/mol. The van der Waals surface area contributed by atoms with Crippen LogP contribution in [-0.2, 0) is 4.74 Å². The highest BCUT2D eigenvalue weighted by Crippen LogP contribution is 2.40. The van der Waals surface area contributed by atoms with E-state index in [1.54, 1.807) is 11.5 Å². The number of nitrogen functional groups attached to an aromatic ring is 1. The van der Waals surface area contributed by atoms with Gasteiger partial charge in [0.15, 0.2) is 0 Å². The summed E-state index contributed by atoms with van der Waals surface area (Å²) in [5.74, 6) is -1.51. The number of ether oxygens (including phenoxy) is 1. The molecule has 0 bridgehead atoms. The van der Waals surface area contributed by atoms with Crippen molar-refractivity contribution < 1.29 is 13.9 Å². The highest BCUT2D eigenvalue weighted by atomic mass is 35.5. The highest BCUT2D eigenvalue weighted by Gasteiger charge is 2.29. The van der Waals surface area contributed by atoms with Crippen molar-refractivity contribution in [3.8, 4) is 0 Å². The molecule has 0 amide bonds. The number of anilines is 1. The summed E-state index contributed by atoms with van der Waals surface area (Å²) >= 11 is 5.85. The van der Waals surface area contributed by atoms with Crippen LogP contribution in [0.15, 0.2) is 17.1 Å². The van der Waals surface area contributed by atoms with Crippen LogP contribution >= 0.6 is 11.6 Å². The third-order valence-corrected chi connectivity index (χ3v) is 4.06. The number of carbonyl (C=O) groups is 1. The molecule has 0 spiro atoms. The summed E-state index contributed by atoms with van der Waals surface area (Å²) in [4.78, 5) is 24.4. The van der Waals surface area contributed by atoms with Gasteiger partial charge in [-0.1, -0.05) is 11.6 Å². The number of rotatable bonds is 3. The first-order chi connectivity index (χ1) is 10.5. The van der Waals surface area contributed by atoms with Crippen molar-refractivity contribution >= 4 is 34.2 Å². The molecule has 1 aromatic heterocycles. The van der Waals surface area contributed by atoms with E-state index < -0.39 is 17.2 Å². The van der Waals surface area contributed by atoms with Crippen molar-refractivity contribution in [3.05, 3.63) is 38.9 Å². The molecule has 0 unspecified atom stereocenters. The lowest BCUT2D eigenvalue weighted by Gasteiger charge is -2.15. The average molecular weight is 325 g/mol. The van der Waals surface area contributed by atoms with Gasteiger partial charge in [-0.3, -0.25) is 4.79 Å². The zero-order valence-corrected chi connectivity index (χ0v) is 12.6. The molecular formula is C15H14ClFN2O3. The fourth-order valence-corrected chi connectivity index (χ4v) is 2.63. The number of benzene rings is 1. The average Bonchev–Trinajstić information content (AvgIpc) is 3.30. The Morgan fingerprint density at radius 1 is 1.55 bits per heavy atom. The van der Waals surface area contributed by atoms with Gasteiger partial charge in [0.25, 0.3) is 0 Å². The number of hydrogen-bond acceptors (Lipinski definition) is 4. The molecule has 1 aromatic carbocycles. The van der Waals surface area contributed by atoms with E-state index in [-0.39, 0.29) is 34.3 Å². The fraction of sp³-hybridized carbons (Fsp3) is 0.333. The van der Waals surface area contributed by atoms with Crippen LogP contribution in [0.4, 0.5) is 10.1 Å². The molecule has 1 aliphatic carbocycles. The SMILES string of the molecule is CCOC(=O)c1cn(C2CC2)c2c(N)c(Cl)c(F)cc2c1=O. The van der Waals surface area contributed by atoms with Crippen LogP contribution in [0.1, 0.15) is 36.2 Å². The number of pyridine rings is 1. The molecule has 2 aromatic rings. The van der Waals surface area contributed by atoms with Crippen molar-refractivity contribution in [3.63, 3.8) is 0 Å². The number of hydrogen-bond donors (Lipinski definition) is 1. The maximum Gasteiger partial charge on any atom is 0.343 e. The minimum atomic E-state index is -0.785. The molecule has 5 nitrogen and oxygen atoms in total. The lowest BCUT2D eigenvalue weighted by atomic mass is 10.1. The van der Waals surface area contributed by atoms with Crippen LogP contribution in [-0.4, -0.2) is 17.1 Å². The Morgan fingerprint density at radius 2 is 2.23 bits per heavy atom. The summed E-state index contributed by atoms with van der Waals surface area (Å²) in [6, 6.07) is 1.15. The first kappa shape index (κ1) is 14.8. The molecule has 0 atom stereocenters. The number of fused-ring (bicyclic) bond motifs is 1. The topological polar surface area (TPSA) is 74.3 Å². The number of halogens is 2. The Bertz CT molecular complexity index is 843. The predicted octanol–water partition coefficient (Wildman–Crippen LogP) is 2.89. The molecule has 0 aliphatic heterocycles. The first-order valence-electron chi connectivity index (χ1n) is 6.95. The number of aromatic nitrogens is 1. The summed E-state index contributed by atoms with van der Waals surface area (Å²) < 4.78 is 20.5. The second kappa shape index (κ2) is 5.28. The summed E-state index contributed by atoms with van der Waals surface area (Å²) in [5, 5.41) is -0.179. The van der Waals surface area contributed by atoms with Gasteiger partial charge in [0.2, 0.25) is 5.43 Å². The maximum atomic E-state index is 13.8. The largest absolute Gasteiger partial charge is 0.462 e. The smallest absolute Gasteiger partial charge is 0.343 e. The molecule has 1 heterocycles. The molecule has 1 fully saturated rings. The van der Waals surface area contributed by atoms with Crippen LogP contribution in [0.2, 0.25) is 5.02 Å². The molecule has 0 saturated heterocycles. The fourth-order valence-electron chi connectivity index (χ4n) is 2.49. The van der Waals surface area contributed by atoms with E-state index >= 15 is 0 Å². The van der Waals surface area contributed by atoms with Crippen molar-refractivity contribution in [2.75, 3.05) is 12.3 Å². The van der Waals surface area contributed by atoms with Gasteiger partial charge >= 0.3 is 5.97 Å². The van der Waals surface area contributed by atoms with E-state index in [1.807, 2.05) is 0 Å². The Kier molecular flexibility index (Phi) is 3.56. The lowest BCUT2D eigenvalue weighted by Crippen LogP contribution is -2.21. The van der Waals surface area contributed by atoms with Crippen LogP contribution in [0.25, 0.3) is 10.9 Å². The Labute approximate surface area is 130 Å². The summed E-state index contributed by atoms with van der Waals surface area (Å²) in [6.45, 7) is 1.80. The van der Waals surface area contributed by atoms with Crippen molar-refractivity contribution in [1.82, 2.24) is 4.57 Å². The van der Waals surface area contributed by atoms with Crippen molar-refractivity contribution in [2.45, 2.75) is 25.8 Å². The van der Waals surface area contributed by atoms with Gasteiger partial charge in [0.1, 0.15) is 16.4 Å². The van der Waals surface area contributed by atoms with Gasteiger partial charge in [0.05, 0.1) is 23.2 Å². The van der Waals surface area contributed by atoms with E-state index in [1.165, 1.54) is 6.20 Å². The Hall–Kier alpha value is -2.08. The van der Waals surface area contributed by atoms with E-state index in [2.05, 4.69) is 0 Å². The monoisotopic (exact) mass is 324 g/mol. The molecule has 1 aliphatic rings. The van der Waals surface area contributed by atoms with Crippen molar-refractivity contribution in [2.24, 2.45) is 0 Å². The van der Waals surface area contributed by atoms with Gasteiger partial charge < -0.3 is 15.0 Å². The number of carbonyl (C=O) groups excluding carboxylic acids is 1. The van der Waals surface area contributed by atoms with E-state index in [9.17, 15) is 14.0 Å². The van der Waals surface area contributed by atoms with E-state index in [4.69, 9.17) is 22.1 Å². The second-order valence-electron chi connectivity index (χ2n) is 5.21. The normalized spacial score (nSPS) is 14.3. The zero-order chi connectivity index (χ0) is 16.0. The quantitative estimate of drug-likeness (QED) is 0.696. The minimum absolute atomic E-state index is 0.0103. The minimum Gasteiger partial charge on any atom is -0.462 e. The molecule has 116 valence electrons. The van der Waals surface area contributed by atoms with Gasteiger partial charge in [-0.25, -0.2) is 9.18 Å². The maximum absolute atomic E-state index is 13.8. The standard InChI is InChI=1S/C15H14ClFN2O3/c1-2-22-15(21)9-6-19(7-3-4-7)13-8(14(9)20)5-10(17)11(16)12(13)18/h5-7H,2-4,18H2,1H3. The lowest BCUT2D eigenvalue weighted by molar-refractivity contribution is 0.0524. The number of esters is 1. The van der Waals surface area contributed by atoms with Crippen LogP contribution in [0, 0.1) is 5.82 Å². The highest BCUT2D eigenvalue weighted by molar-refractivity contribution is 6.34. The third-order valence-electron chi connectivity index (χ3n) is 3.68. The third kappa shape index (κ3) is 2.23. The summed E-state index contributed by atoms with van der Waals surface area (Å²) in [6.07, 6.45) is 3.23. The van der Waals surface area contributed by atoms with Crippen molar-refractivity contribution in [1.29, 1.82) is 0 Å². The Morgan fingerprint density at radius 3 is 2.82 bits per heavy atom. The van der Waals surface area contributed by atoms with E-state index in [0.29, 0.717) is 5.52 Å². The first-order valence-corrected chi connectivity index (χ1v) is 7.33. The molecule has 2 N–H and O–H groups in total. The van der Waals surface area contributed by atoms with Gasteiger partial charge in [-0.2, -0.15) is 0 Å². The zero-order valence-electron chi connectivity index (χ0n) is 11.9. The van der Waals surface area contributed by atoms with E-state index in [0.717, 1.165) is 18.9 Å². The van der Waals surface area contributed by atoms with Gasteiger partial charge in [-0.15, -0.1) is 0 Å². The van der Waals surface area contributed by atoms with Gasteiger partial charge in [-0.05, 0) is 25.8 Å². The molecule has 1 saturated carbocycles. The number of nitrogens with zero attached hydrogens (tertiary/aromatic N) is 1. The summed E-state index contributed by atoms with van der Waals surface area (Å²) in [5.41, 5.74) is 5.54. The number of nitrogens with two attached hydrogens (primary N) is 1. The van der Waals surface area contributed by atoms with Crippen LogP contribution in [0.5, 0.6) is 0 Å². The second-order valence-corrected chi connectivity index (χ2v) is 5.59. The summed E-state index contributed by atoms with van der Waals surface area (Å²) in [7, 11) is 0. The van der Waals surface area contributed by atoms with Crippen LogP contribution in [0.3, 0.4) is 0 Å². The molecule has 22 heavy (non-hydrogen) atoms. The molecular weight excluding hydrogens is 311 g/mol. The van der Waals surface area contributed by atoms with Crippen LogP contribution < -0.4 is 11.2 Å². The molecule has 3 rings (SSSR count). The molecule has 0 radical (unpaired) electrons. The molecule has 7 heteroatoms.